The number of cyclic esters (lactones) is 1. The monoisotopic (exact) mass is 445 g/mol. The van der Waals surface area contributed by atoms with E-state index in [1.54, 1.807) is 13.2 Å². The molecule has 5 nitrogen and oxygen atoms in total. The van der Waals surface area contributed by atoms with Crippen molar-refractivity contribution in [3.05, 3.63) is 101 Å². The van der Waals surface area contributed by atoms with Crippen LogP contribution in [-0.4, -0.2) is 23.8 Å². The van der Waals surface area contributed by atoms with E-state index in [1.807, 2.05) is 54.6 Å². The van der Waals surface area contributed by atoms with E-state index >= 15 is 0 Å². The van der Waals surface area contributed by atoms with Crippen LogP contribution in [0.3, 0.4) is 0 Å². The summed E-state index contributed by atoms with van der Waals surface area (Å²) in [7, 11) is 1.63. The van der Waals surface area contributed by atoms with Crippen LogP contribution in [0.2, 0.25) is 0 Å². The third kappa shape index (κ3) is 4.80. The molecule has 33 heavy (non-hydrogen) atoms. The number of esters is 1. The van der Waals surface area contributed by atoms with Gasteiger partial charge in [-0.25, -0.2) is 4.79 Å². The average Bonchev–Trinajstić information content (AvgIpc) is 3.19. The van der Waals surface area contributed by atoms with Gasteiger partial charge in [-0.2, -0.15) is 0 Å². The second kappa shape index (κ2) is 9.00. The van der Waals surface area contributed by atoms with Gasteiger partial charge in [0.15, 0.2) is 0 Å². The van der Waals surface area contributed by atoms with E-state index in [4.69, 9.17) is 15.2 Å². The molecule has 1 heterocycles. The lowest BCUT2D eigenvalue weighted by Gasteiger charge is -2.41. The lowest BCUT2D eigenvalue weighted by Crippen LogP contribution is -2.47. The Bertz CT molecular complexity index is 1120. The maximum Gasteiger partial charge on any atom is 0.338 e. The van der Waals surface area contributed by atoms with Gasteiger partial charge in [0.2, 0.25) is 0 Å². The zero-order valence-corrected chi connectivity index (χ0v) is 19.4. The lowest BCUT2D eigenvalue weighted by molar-refractivity contribution is -0.0117. The Balaban J connectivity index is 1.70. The zero-order chi connectivity index (χ0) is 23.6. The quantitative estimate of drug-likeness (QED) is 0.491. The average molecular weight is 446 g/mol. The largest absolute Gasteiger partial charge is 0.497 e. The Morgan fingerprint density at radius 2 is 1.76 bits per heavy atom. The van der Waals surface area contributed by atoms with Gasteiger partial charge in [0.1, 0.15) is 12.4 Å². The molecule has 0 saturated heterocycles. The summed E-state index contributed by atoms with van der Waals surface area (Å²) in [6, 6.07) is 22.7. The molecule has 0 aromatic heterocycles. The molecule has 3 aromatic carbocycles. The van der Waals surface area contributed by atoms with Gasteiger partial charge in [0.25, 0.3) is 0 Å². The van der Waals surface area contributed by atoms with Crippen molar-refractivity contribution in [2.24, 2.45) is 5.73 Å². The Labute approximate surface area is 195 Å². The molecule has 0 saturated carbocycles. The zero-order valence-electron chi connectivity index (χ0n) is 19.4. The molecule has 3 aromatic rings. The number of ether oxygens (including phenoxy) is 2. The molecular formula is C28H31NO4. The van der Waals surface area contributed by atoms with E-state index in [2.05, 4.69) is 26.0 Å². The highest BCUT2D eigenvalue weighted by Gasteiger charge is 2.41. The molecule has 3 N–H and O–H groups in total. The lowest BCUT2D eigenvalue weighted by atomic mass is 9.69. The number of hydrogen-bond donors (Lipinski definition) is 2. The summed E-state index contributed by atoms with van der Waals surface area (Å²) in [5, 5.41) is 12.2. The van der Waals surface area contributed by atoms with Crippen LogP contribution in [0.1, 0.15) is 58.9 Å². The number of fused-ring (bicyclic) bond motifs is 1. The van der Waals surface area contributed by atoms with Crippen LogP contribution in [0.5, 0.6) is 5.75 Å². The molecular weight excluding hydrogens is 414 g/mol. The molecule has 2 unspecified atom stereocenters. The van der Waals surface area contributed by atoms with Crippen molar-refractivity contribution >= 4 is 5.97 Å². The number of hydrogen-bond acceptors (Lipinski definition) is 5. The molecule has 5 heteroatoms. The van der Waals surface area contributed by atoms with Crippen molar-refractivity contribution in [1.29, 1.82) is 0 Å². The summed E-state index contributed by atoms with van der Waals surface area (Å²) >= 11 is 0. The molecule has 2 atom stereocenters. The van der Waals surface area contributed by atoms with E-state index in [0.29, 0.717) is 18.4 Å². The molecule has 1 aliphatic rings. The number of benzene rings is 3. The maximum atomic E-state index is 12.2. The SMILES string of the molecule is COc1ccc(CC(O)(CC(C)(C)c2ccccc2)C(N)c2ccc3c(c2)COC3=O)cc1. The van der Waals surface area contributed by atoms with Crippen LogP contribution >= 0.6 is 0 Å². The first-order valence-corrected chi connectivity index (χ1v) is 11.2. The van der Waals surface area contributed by atoms with Gasteiger partial charge in [-0.05, 0) is 52.8 Å². The molecule has 0 radical (unpaired) electrons. The van der Waals surface area contributed by atoms with Crippen LogP contribution in [-0.2, 0) is 23.2 Å². The fourth-order valence-corrected chi connectivity index (χ4v) is 4.79. The first-order valence-electron chi connectivity index (χ1n) is 11.2. The van der Waals surface area contributed by atoms with Gasteiger partial charge < -0.3 is 20.3 Å². The number of carbonyl (C=O) groups excluding carboxylic acids is 1. The summed E-state index contributed by atoms with van der Waals surface area (Å²) in [5.41, 5.74) is 9.49. The highest BCUT2D eigenvalue weighted by Crippen LogP contribution is 2.40. The Morgan fingerprint density at radius 3 is 2.42 bits per heavy atom. The minimum atomic E-state index is -1.24. The van der Waals surface area contributed by atoms with E-state index in [-0.39, 0.29) is 18.0 Å². The van der Waals surface area contributed by atoms with E-state index < -0.39 is 11.6 Å². The molecule has 4 rings (SSSR count). The molecule has 1 aliphatic heterocycles. The van der Waals surface area contributed by atoms with Crippen LogP contribution in [0, 0.1) is 0 Å². The Kier molecular flexibility index (Phi) is 6.28. The molecule has 0 bridgehead atoms. The second-order valence-corrected chi connectivity index (χ2v) is 9.53. The van der Waals surface area contributed by atoms with Crippen molar-refractivity contribution in [2.45, 2.75) is 50.4 Å². The third-order valence-electron chi connectivity index (χ3n) is 6.62. The van der Waals surface area contributed by atoms with Crippen molar-refractivity contribution in [3.8, 4) is 5.75 Å². The number of rotatable bonds is 8. The molecule has 0 fully saturated rings. The van der Waals surface area contributed by atoms with Crippen LogP contribution in [0.4, 0.5) is 0 Å². The first-order chi connectivity index (χ1) is 15.7. The van der Waals surface area contributed by atoms with E-state index in [0.717, 1.165) is 28.0 Å². The molecule has 0 spiro atoms. The predicted molar refractivity (Wildman–Crippen MR) is 128 cm³/mol. The van der Waals surface area contributed by atoms with E-state index in [9.17, 15) is 9.90 Å². The summed E-state index contributed by atoms with van der Waals surface area (Å²) < 4.78 is 10.4. The Hall–Kier alpha value is -3.15. The summed E-state index contributed by atoms with van der Waals surface area (Å²) in [6.45, 7) is 4.49. The maximum absolute atomic E-state index is 12.2. The second-order valence-electron chi connectivity index (χ2n) is 9.53. The van der Waals surface area contributed by atoms with E-state index in [1.165, 1.54) is 0 Å². The van der Waals surface area contributed by atoms with Crippen molar-refractivity contribution in [3.63, 3.8) is 0 Å². The normalized spacial score (nSPS) is 16.0. The van der Waals surface area contributed by atoms with Gasteiger partial charge in [0.05, 0.1) is 24.3 Å². The Morgan fingerprint density at radius 1 is 1.06 bits per heavy atom. The van der Waals surface area contributed by atoms with Crippen molar-refractivity contribution in [2.75, 3.05) is 7.11 Å². The number of aliphatic hydroxyl groups is 1. The van der Waals surface area contributed by atoms with Crippen molar-refractivity contribution < 1.29 is 19.4 Å². The van der Waals surface area contributed by atoms with Gasteiger partial charge >= 0.3 is 5.97 Å². The van der Waals surface area contributed by atoms with Gasteiger partial charge in [-0.1, -0.05) is 62.4 Å². The smallest absolute Gasteiger partial charge is 0.338 e. The summed E-state index contributed by atoms with van der Waals surface area (Å²) in [5.74, 6) is 0.448. The van der Waals surface area contributed by atoms with Crippen molar-refractivity contribution in [1.82, 2.24) is 0 Å². The number of nitrogens with two attached hydrogens (primary N) is 1. The molecule has 0 aliphatic carbocycles. The molecule has 172 valence electrons. The predicted octanol–water partition coefficient (Wildman–Crippen LogP) is 4.71. The van der Waals surface area contributed by atoms with Crippen LogP contribution in [0.15, 0.2) is 72.8 Å². The molecule has 0 amide bonds. The van der Waals surface area contributed by atoms with Gasteiger partial charge in [0, 0.05) is 12.0 Å². The van der Waals surface area contributed by atoms with Crippen LogP contribution < -0.4 is 10.5 Å². The highest BCUT2D eigenvalue weighted by atomic mass is 16.5. The highest BCUT2D eigenvalue weighted by molar-refractivity contribution is 5.93. The minimum absolute atomic E-state index is 0.237. The van der Waals surface area contributed by atoms with Gasteiger partial charge in [-0.3, -0.25) is 0 Å². The number of carbonyl (C=O) groups is 1. The van der Waals surface area contributed by atoms with Crippen LogP contribution in [0.25, 0.3) is 0 Å². The standard InChI is InChI=1S/C28H31NO4/c1-27(2,22-7-5-4-6-8-22)18-28(31,16-19-9-12-23(32-3)13-10-19)25(29)20-11-14-24-21(15-20)17-33-26(24)30/h4-15,25,31H,16-18,29H2,1-3H3. The topological polar surface area (TPSA) is 81.8 Å². The fraction of sp³-hybridized carbons (Fsp3) is 0.321. The number of methoxy groups -OCH3 is 1. The summed E-state index contributed by atoms with van der Waals surface area (Å²) in [4.78, 5) is 11.9. The first kappa shape index (κ1) is 23.0. The summed E-state index contributed by atoms with van der Waals surface area (Å²) in [6.07, 6.45) is 0.824. The minimum Gasteiger partial charge on any atom is -0.497 e. The fourth-order valence-electron chi connectivity index (χ4n) is 4.79. The third-order valence-corrected chi connectivity index (χ3v) is 6.62. The van der Waals surface area contributed by atoms with Gasteiger partial charge in [-0.15, -0.1) is 0 Å².